The van der Waals surface area contributed by atoms with Crippen LogP contribution < -0.4 is 10.2 Å². The van der Waals surface area contributed by atoms with Crippen LogP contribution in [0, 0.1) is 0 Å². The van der Waals surface area contributed by atoms with E-state index in [1.807, 2.05) is 84.9 Å². The summed E-state index contributed by atoms with van der Waals surface area (Å²) in [6.07, 6.45) is 0. The fourth-order valence-corrected chi connectivity index (χ4v) is 3.45. The van der Waals surface area contributed by atoms with Gasteiger partial charge in [-0.25, -0.2) is 4.79 Å². The molecule has 0 unspecified atom stereocenters. The predicted octanol–water partition coefficient (Wildman–Crippen LogP) is 5.50. The summed E-state index contributed by atoms with van der Waals surface area (Å²) in [5.74, 6) is -0.0471. The van der Waals surface area contributed by atoms with Gasteiger partial charge in [-0.3, -0.25) is 4.90 Å². The largest absolute Gasteiger partial charge is 0.506 e. The Hall–Kier alpha value is -4.65. The summed E-state index contributed by atoms with van der Waals surface area (Å²) in [5, 5.41) is 22.2. The van der Waals surface area contributed by atoms with Crippen LogP contribution in [0.1, 0.15) is 0 Å². The van der Waals surface area contributed by atoms with E-state index < -0.39 is 0 Å². The third kappa shape index (κ3) is 3.75. The number of carbonyl (C=O) groups excluding carboxylic acids is 1. The maximum absolute atomic E-state index is 13.2. The molecular formula is C25H19N5O2. The quantitative estimate of drug-likeness (QED) is 0.402. The maximum Gasteiger partial charge on any atom is 0.330 e. The fourth-order valence-electron chi connectivity index (χ4n) is 3.45. The number of nitrogens with zero attached hydrogens (tertiary/aromatic N) is 4. The lowest BCUT2D eigenvalue weighted by atomic mass is 10.2. The lowest BCUT2D eigenvalue weighted by molar-refractivity contribution is 0.259. The molecule has 1 heterocycles. The van der Waals surface area contributed by atoms with Gasteiger partial charge in [0.25, 0.3) is 0 Å². The molecule has 0 saturated heterocycles. The first-order chi connectivity index (χ1) is 15.7. The van der Waals surface area contributed by atoms with Crippen molar-refractivity contribution in [1.82, 2.24) is 15.0 Å². The first kappa shape index (κ1) is 19.3. The van der Waals surface area contributed by atoms with Crippen LogP contribution >= 0.6 is 0 Å². The van der Waals surface area contributed by atoms with Gasteiger partial charge >= 0.3 is 6.03 Å². The van der Waals surface area contributed by atoms with Crippen molar-refractivity contribution in [2.45, 2.75) is 0 Å². The number of phenolic OH excluding ortho intramolecular Hbond substituents is 1. The topological polar surface area (TPSA) is 83.3 Å². The Morgan fingerprint density at radius 3 is 1.81 bits per heavy atom. The number of amides is 2. The number of benzene rings is 4. The van der Waals surface area contributed by atoms with Gasteiger partial charge in [0.15, 0.2) is 0 Å². The number of aromatic hydroxyl groups is 1. The second-order valence-electron chi connectivity index (χ2n) is 7.12. The van der Waals surface area contributed by atoms with Crippen molar-refractivity contribution in [1.29, 1.82) is 0 Å². The monoisotopic (exact) mass is 421 g/mol. The van der Waals surface area contributed by atoms with Gasteiger partial charge in [0.1, 0.15) is 22.5 Å². The Bertz CT molecular complexity index is 1310. The van der Waals surface area contributed by atoms with Crippen LogP contribution in [0.4, 0.5) is 21.9 Å². The van der Waals surface area contributed by atoms with Crippen LogP contribution in [0.2, 0.25) is 0 Å². The number of carbonyl (C=O) groups is 1. The van der Waals surface area contributed by atoms with Gasteiger partial charge in [-0.2, -0.15) is 0 Å². The molecule has 7 nitrogen and oxygen atoms in total. The van der Waals surface area contributed by atoms with Crippen molar-refractivity contribution in [2.75, 3.05) is 10.2 Å². The van der Waals surface area contributed by atoms with E-state index in [1.165, 1.54) is 10.9 Å². The smallest absolute Gasteiger partial charge is 0.330 e. The molecule has 0 radical (unpaired) electrons. The molecule has 0 aliphatic carbocycles. The number of hydrogen-bond donors (Lipinski definition) is 2. The molecule has 0 fully saturated rings. The molecule has 32 heavy (non-hydrogen) atoms. The maximum atomic E-state index is 13.2. The van der Waals surface area contributed by atoms with Crippen LogP contribution in [-0.2, 0) is 0 Å². The van der Waals surface area contributed by atoms with Crippen molar-refractivity contribution in [3.05, 3.63) is 103 Å². The number of phenols is 1. The standard InChI is InChI=1S/C25H19N5O2/c31-24-17-18(15-16-23(24)30-27-21-13-7-8-14-22(21)28-30)26-25(32)29(19-9-3-1-4-10-19)20-11-5-2-6-12-20/h1-17,31H,(H,26,32). The normalized spacial score (nSPS) is 10.8. The molecule has 2 N–H and O–H groups in total. The van der Waals surface area contributed by atoms with Gasteiger partial charge in [0, 0.05) is 11.8 Å². The fraction of sp³-hybridized carbons (Fsp3) is 0. The summed E-state index contributed by atoms with van der Waals surface area (Å²) in [6, 6.07) is 30.7. The van der Waals surface area contributed by atoms with Crippen molar-refractivity contribution in [3.63, 3.8) is 0 Å². The molecule has 7 heteroatoms. The summed E-state index contributed by atoms with van der Waals surface area (Å²) in [7, 11) is 0. The van der Waals surface area contributed by atoms with Crippen molar-refractivity contribution in [3.8, 4) is 11.4 Å². The lowest BCUT2D eigenvalue weighted by Gasteiger charge is -2.23. The minimum absolute atomic E-state index is 0.0471. The molecule has 2 amide bonds. The number of fused-ring (bicyclic) bond motifs is 1. The predicted molar refractivity (Wildman–Crippen MR) is 125 cm³/mol. The number of nitrogens with one attached hydrogen (secondary N) is 1. The highest BCUT2D eigenvalue weighted by Gasteiger charge is 2.19. The average Bonchev–Trinajstić information content (AvgIpc) is 3.25. The van der Waals surface area contributed by atoms with E-state index in [4.69, 9.17) is 0 Å². The molecule has 0 aliphatic heterocycles. The number of hydrogen-bond acceptors (Lipinski definition) is 4. The number of rotatable bonds is 4. The number of aromatic nitrogens is 3. The third-order valence-corrected chi connectivity index (χ3v) is 4.96. The molecule has 5 aromatic rings. The van der Waals surface area contributed by atoms with Crippen molar-refractivity contribution in [2.24, 2.45) is 0 Å². The summed E-state index contributed by atoms with van der Waals surface area (Å²) >= 11 is 0. The first-order valence-corrected chi connectivity index (χ1v) is 10.1. The van der Waals surface area contributed by atoms with Gasteiger partial charge in [-0.1, -0.05) is 48.5 Å². The molecule has 0 aliphatic rings. The van der Waals surface area contributed by atoms with Gasteiger partial charge < -0.3 is 10.4 Å². The zero-order chi connectivity index (χ0) is 21.9. The van der Waals surface area contributed by atoms with E-state index in [2.05, 4.69) is 15.5 Å². The Labute approximate surface area is 184 Å². The van der Waals surface area contributed by atoms with E-state index >= 15 is 0 Å². The highest BCUT2D eigenvalue weighted by atomic mass is 16.3. The summed E-state index contributed by atoms with van der Waals surface area (Å²) < 4.78 is 0. The first-order valence-electron chi connectivity index (χ1n) is 10.1. The Balaban J connectivity index is 1.43. The SMILES string of the molecule is O=C(Nc1ccc(-n2nc3ccccc3n2)c(O)c1)N(c1ccccc1)c1ccccc1. The zero-order valence-electron chi connectivity index (χ0n) is 17.0. The van der Waals surface area contributed by atoms with E-state index in [0.29, 0.717) is 11.4 Å². The van der Waals surface area contributed by atoms with Crippen molar-refractivity contribution < 1.29 is 9.90 Å². The molecule has 0 bridgehead atoms. The molecule has 156 valence electrons. The molecular weight excluding hydrogens is 402 g/mol. The number of urea groups is 1. The molecule has 5 rings (SSSR count). The molecule has 4 aromatic carbocycles. The van der Waals surface area contributed by atoms with Crippen molar-refractivity contribution >= 4 is 34.1 Å². The molecule has 0 spiro atoms. The van der Waals surface area contributed by atoms with Gasteiger partial charge in [0.05, 0.1) is 11.4 Å². The molecule has 0 saturated carbocycles. The molecule has 0 atom stereocenters. The van der Waals surface area contributed by atoms with E-state index in [9.17, 15) is 9.90 Å². The van der Waals surface area contributed by atoms with Gasteiger partial charge in [0.2, 0.25) is 0 Å². The van der Waals surface area contributed by atoms with Crippen LogP contribution in [0.3, 0.4) is 0 Å². The van der Waals surface area contributed by atoms with Crippen LogP contribution in [0.25, 0.3) is 16.7 Å². The van der Waals surface area contributed by atoms with Crippen LogP contribution in [-0.4, -0.2) is 26.1 Å². The Morgan fingerprint density at radius 1 is 0.750 bits per heavy atom. The van der Waals surface area contributed by atoms with Gasteiger partial charge in [-0.05, 0) is 48.5 Å². The summed E-state index contributed by atoms with van der Waals surface area (Å²) in [4.78, 5) is 16.2. The summed E-state index contributed by atoms with van der Waals surface area (Å²) in [5.41, 5.74) is 3.78. The Kier molecular flexibility index (Phi) is 4.97. The lowest BCUT2D eigenvalue weighted by Crippen LogP contribution is -2.30. The Morgan fingerprint density at radius 2 is 1.28 bits per heavy atom. The highest BCUT2D eigenvalue weighted by molar-refractivity contribution is 6.07. The number of para-hydroxylation sites is 2. The van der Waals surface area contributed by atoms with E-state index in [0.717, 1.165) is 22.4 Å². The molecule has 1 aromatic heterocycles. The van der Waals surface area contributed by atoms with E-state index in [1.54, 1.807) is 17.0 Å². The highest BCUT2D eigenvalue weighted by Crippen LogP contribution is 2.29. The van der Waals surface area contributed by atoms with E-state index in [-0.39, 0.29) is 11.8 Å². The van der Waals surface area contributed by atoms with Crippen LogP contribution in [0.15, 0.2) is 103 Å². The minimum atomic E-state index is -0.350. The minimum Gasteiger partial charge on any atom is -0.506 e. The second kappa shape index (κ2) is 8.23. The zero-order valence-corrected chi connectivity index (χ0v) is 17.0. The van der Waals surface area contributed by atoms with Gasteiger partial charge in [-0.15, -0.1) is 15.0 Å². The van der Waals surface area contributed by atoms with Crippen LogP contribution in [0.5, 0.6) is 5.75 Å². The third-order valence-electron chi connectivity index (χ3n) is 4.96. The summed E-state index contributed by atoms with van der Waals surface area (Å²) in [6.45, 7) is 0. The number of anilines is 3. The average molecular weight is 421 g/mol. The second-order valence-corrected chi connectivity index (χ2v) is 7.12.